The van der Waals surface area contributed by atoms with Crippen LogP contribution in [0.1, 0.15) is 42.9 Å². The fraction of sp³-hybridized carbons (Fsp3) is 0.441. The highest BCUT2D eigenvalue weighted by Crippen LogP contribution is 2.40. The highest BCUT2D eigenvalue weighted by Gasteiger charge is 2.33. The fourth-order valence-electron chi connectivity index (χ4n) is 6.90. The van der Waals surface area contributed by atoms with Crippen LogP contribution in [0, 0.1) is 11.6 Å². The molecule has 13 heteroatoms. The summed E-state index contributed by atoms with van der Waals surface area (Å²) < 4.78 is 33.8. The number of primary amides is 1. The molecule has 2 atom stereocenters. The summed E-state index contributed by atoms with van der Waals surface area (Å²) in [7, 11) is 5.88. The Bertz CT molecular complexity index is 1610. The van der Waals surface area contributed by atoms with E-state index in [1.165, 1.54) is 29.9 Å². The predicted molar refractivity (Wildman–Crippen MR) is 178 cm³/mol. The molecule has 3 N–H and O–H groups in total. The summed E-state index contributed by atoms with van der Waals surface area (Å²) in [6.07, 6.45) is 5.11. The number of hydrogen-bond acceptors (Lipinski definition) is 10. The molecule has 1 aromatic heterocycles. The number of carbonyl (C=O) groups excluding carboxylic acids is 1. The van der Waals surface area contributed by atoms with Gasteiger partial charge in [-0.2, -0.15) is 0 Å². The van der Waals surface area contributed by atoms with Crippen LogP contribution >= 0.6 is 0 Å². The van der Waals surface area contributed by atoms with E-state index in [-0.39, 0.29) is 5.57 Å². The predicted octanol–water partition coefficient (Wildman–Crippen LogP) is 4.49. The van der Waals surface area contributed by atoms with Crippen molar-refractivity contribution in [3.63, 3.8) is 0 Å². The van der Waals surface area contributed by atoms with Crippen molar-refractivity contribution in [3.05, 3.63) is 72.1 Å². The number of likely N-dealkylation sites (N-methyl/N-ethyl adjacent to an activating group) is 1. The van der Waals surface area contributed by atoms with Gasteiger partial charge < -0.3 is 25.6 Å². The van der Waals surface area contributed by atoms with Crippen LogP contribution in [-0.2, 0) is 9.63 Å². The SMILES string of the molecule is C=C(C(N)=O)c1cc(Nc2cc(N3OCC[C@@H]3c3cc(F)cc(F)c3)ncn2)c(OC)cc1N1CCC(N2CC[C@@H](N(C)C)C2)CC1. The number of hydrogen-bond donors (Lipinski definition) is 2. The number of rotatable bonds is 10. The van der Waals surface area contributed by atoms with Crippen LogP contribution < -0.4 is 25.8 Å². The summed E-state index contributed by atoms with van der Waals surface area (Å²) in [6.45, 7) is 8.23. The number of methoxy groups -OCH3 is 1. The number of carbonyl (C=O) groups is 1. The molecule has 0 bridgehead atoms. The van der Waals surface area contributed by atoms with E-state index in [2.05, 4.69) is 50.7 Å². The van der Waals surface area contributed by atoms with Crippen LogP contribution in [0.5, 0.6) is 5.75 Å². The van der Waals surface area contributed by atoms with E-state index in [0.717, 1.165) is 50.8 Å². The number of nitrogens with one attached hydrogen (secondary N) is 1. The molecule has 3 aliphatic rings. The maximum absolute atomic E-state index is 14.0. The smallest absolute Gasteiger partial charge is 0.248 e. The third-order valence-corrected chi connectivity index (χ3v) is 9.50. The minimum Gasteiger partial charge on any atom is -0.494 e. The molecule has 6 rings (SSSR count). The summed E-state index contributed by atoms with van der Waals surface area (Å²) in [4.78, 5) is 34.2. The molecule has 3 aromatic rings. The fourth-order valence-corrected chi connectivity index (χ4v) is 6.90. The van der Waals surface area contributed by atoms with Gasteiger partial charge in [-0.1, -0.05) is 6.58 Å². The molecular formula is C34H42F2N8O3. The average Bonchev–Trinajstić information content (AvgIpc) is 3.75. The minimum atomic E-state index is -0.658. The Hall–Kier alpha value is -4.33. The van der Waals surface area contributed by atoms with E-state index in [1.54, 1.807) is 13.2 Å². The number of nitrogens with two attached hydrogens (primary N) is 1. The zero-order valence-corrected chi connectivity index (χ0v) is 27.1. The number of anilines is 4. The van der Waals surface area contributed by atoms with Crippen molar-refractivity contribution >= 4 is 34.5 Å². The first-order valence-corrected chi connectivity index (χ1v) is 15.9. The van der Waals surface area contributed by atoms with Gasteiger partial charge in [0.05, 0.1) is 25.4 Å². The maximum Gasteiger partial charge on any atom is 0.248 e. The largest absolute Gasteiger partial charge is 0.494 e. The van der Waals surface area contributed by atoms with E-state index in [0.29, 0.717) is 59.3 Å². The zero-order valence-electron chi connectivity index (χ0n) is 27.1. The van der Waals surface area contributed by atoms with Crippen LogP contribution in [0.15, 0.2) is 49.3 Å². The second-order valence-electron chi connectivity index (χ2n) is 12.6. The number of nitrogens with zero attached hydrogens (tertiary/aromatic N) is 6. The molecule has 47 heavy (non-hydrogen) atoms. The van der Waals surface area contributed by atoms with Crippen LogP contribution in [0.3, 0.4) is 0 Å². The van der Waals surface area contributed by atoms with Crippen molar-refractivity contribution in [2.45, 2.75) is 43.8 Å². The molecule has 0 aliphatic carbocycles. The Labute approximate surface area is 273 Å². The lowest BCUT2D eigenvalue weighted by molar-refractivity contribution is -0.112. The number of aromatic nitrogens is 2. The molecule has 3 aliphatic heterocycles. The minimum absolute atomic E-state index is 0.195. The third-order valence-electron chi connectivity index (χ3n) is 9.50. The second-order valence-corrected chi connectivity index (χ2v) is 12.6. The van der Waals surface area contributed by atoms with Crippen LogP contribution in [0.4, 0.5) is 31.8 Å². The Morgan fingerprint density at radius 1 is 1.04 bits per heavy atom. The zero-order chi connectivity index (χ0) is 33.2. The first-order chi connectivity index (χ1) is 22.6. The number of hydroxylamine groups is 1. The highest BCUT2D eigenvalue weighted by atomic mass is 19.1. The van der Waals surface area contributed by atoms with Gasteiger partial charge in [-0.3, -0.25) is 14.5 Å². The monoisotopic (exact) mass is 648 g/mol. The van der Waals surface area contributed by atoms with Gasteiger partial charge in [-0.05, 0) is 57.1 Å². The quantitative estimate of drug-likeness (QED) is 0.305. The van der Waals surface area contributed by atoms with Crippen molar-refractivity contribution in [2.24, 2.45) is 5.73 Å². The maximum atomic E-state index is 14.0. The van der Waals surface area contributed by atoms with Gasteiger partial charge in [-0.15, -0.1) is 0 Å². The molecular weight excluding hydrogens is 606 g/mol. The molecule has 0 unspecified atom stereocenters. The molecule has 3 saturated heterocycles. The Morgan fingerprint density at radius 2 is 1.79 bits per heavy atom. The second kappa shape index (κ2) is 13.8. The summed E-state index contributed by atoms with van der Waals surface area (Å²) in [5.41, 5.74) is 8.38. The number of halogens is 2. The number of likely N-dealkylation sites (tertiary alicyclic amines) is 1. The Kier molecular flexibility index (Phi) is 9.57. The number of piperidine rings is 1. The normalized spacial score (nSPS) is 20.6. The summed E-state index contributed by atoms with van der Waals surface area (Å²) in [6, 6.07) is 9.50. The van der Waals surface area contributed by atoms with Crippen LogP contribution in [-0.4, -0.2) is 91.7 Å². The first-order valence-electron chi connectivity index (χ1n) is 15.9. The van der Waals surface area contributed by atoms with E-state index in [9.17, 15) is 13.6 Å². The van der Waals surface area contributed by atoms with Crippen molar-refractivity contribution in [2.75, 3.05) is 69.3 Å². The number of ether oxygens (including phenoxy) is 1. The average molecular weight is 649 g/mol. The van der Waals surface area contributed by atoms with E-state index in [4.69, 9.17) is 15.3 Å². The molecule has 0 radical (unpaired) electrons. The number of amides is 1. The van der Waals surface area contributed by atoms with Crippen LogP contribution in [0.25, 0.3) is 5.57 Å². The molecule has 11 nitrogen and oxygen atoms in total. The van der Waals surface area contributed by atoms with Crippen molar-refractivity contribution in [3.8, 4) is 5.75 Å². The molecule has 250 valence electrons. The summed E-state index contributed by atoms with van der Waals surface area (Å²) in [5.74, 6) is -0.560. The van der Waals surface area contributed by atoms with Gasteiger partial charge in [0.2, 0.25) is 5.91 Å². The summed E-state index contributed by atoms with van der Waals surface area (Å²) in [5, 5.41) is 4.82. The lowest BCUT2D eigenvalue weighted by atomic mass is 9.98. The van der Waals surface area contributed by atoms with Gasteiger partial charge in [0.25, 0.3) is 0 Å². The molecule has 2 aromatic carbocycles. The van der Waals surface area contributed by atoms with Crippen molar-refractivity contribution < 1.29 is 23.1 Å². The van der Waals surface area contributed by atoms with Gasteiger partial charge in [0.1, 0.15) is 29.5 Å². The lowest BCUT2D eigenvalue weighted by Gasteiger charge is -2.39. The van der Waals surface area contributed by atoms with Crippen molar-refractivity contribution in [1.82, 2.24) is 19.8 Å². The Balaban J connectivity index is 1.23. The van der Waals surface area contributed by atoms with E-state index < -0.39 is 23.6 Å². The van der Waals surface area contributed by atoms with Gasteiger partial charge >= 0.3 is 0 Å². The third kappa shape index (κ3) is 7.02. The number of benzene rings is 2. The van der Waals surface area contributed by atoms with Gasteiger partial charge in [-0.25, -0.2) is 23.8 Å². The van der Waals surface area contributed by atoms with E-state index >= 15 is 0 Å². The van der Waals surface area contributed by atoms with E-state index in [1.807, 2.05) is 12.1 Å². The Morgan fingerprint density at radius 3 is 2.45 bits per heavy atom. The highest BCUT2D eigenvalue weighted by molar-refractivity contribution is 6.19. The van der Waals surface area contributed by atoms with Gasteiger partial charge in [0, 0.05) is 79.7 Å². The molecule has 3 fully saturated rings. The standard InChI is InChI=1S/C34H42F2N8O3/c1-21(34(37)45)27-16-28(31(46-4)17-30(27)42-9-5-25(6-10-42)43-11-7-26(19-43)41(2)3)40-32-18-33(39-20-38-32)44-29(8-12-47-44)22-13-23(35)15-24(36)14-22/h13-18,20,25-26,29H,1,5-12,19H2,2-4H3,(H2,37,45)(H,38,39,40)/t26-,29-/m1/s1. The summed E-state index contributed by atoms with van der Waals surface area (Å²) >= 11 is 0. The van der Waals surface area contributed by atoms with Crippen LogP contribution in [0.2, 0.25) is 0 Å². The molecule has 0 saturated carbocycles. The molecule has 1 amide bonds. The van der Waals surface area contributed by atoms with Crippen molar-refractivity contribution in [1.29, 1.82) is 0 Å². The molecule has 4 heterocycles. The lowest BCUT2D eigenvalue weighted by Crippen LogP contribution is -2.45. The molecule has 0 spiro atoms. The van der Waals surface area contributed by atoms with Gasteiger partial charge in [0.15, 0.2) is 5.82 Å². The topological polar surface area (TPSA) is 112 Å². The first kappa shape index (κ1) is 32.6.